The van der Waals surface area contributed by atoms with Crippen LogP contribution < -0.4 is 15.4 Å². The van der Waals surface area contributed by atoms with Crippen LogP contribution in [0.1, 0.15) is 10.5 Å². The summed E-state index contributed by atoms with van der Waals surface area (Å²) in [4.78, 5) is 20.3. The Kier molecular flexibility index (Phi) is 5.02. The van der Waals surface area contributed by atoms with Gasteiger partial charge in [0.1, 0.15) is 17.3 Å². The molecule has 8 heteroatoms. The van der Waals surface area contributed by atoms with Gasteiger partial charge in [0.05, 0.1) is 25.2 Å². The number of rotatable bonds is 5. The van der Waals surface area contributed by atoms with Crippen molar-refractivity contribution in [2.24, 2.45) is 0 Å². The van der Waals surface area contributed by atoms with E-state index >= 15 is 0 Å². The molecule has 0 bridgehead atoms. The molecule has 1 aromatic heterocycles. The summed E-state index contributed by atoms with van der Waals surface area (Å²) < 4.78 is 31.3. The Morgan fingerprint density at radius 1 is 1.04 bits per heavy atom. The Labute approximate surface area is 147 Å². The fourth-order valence-corrected chi connectivity index (χ4v) is 2.17. The molecule has 0 saturated heterocycles. The van der Waals surface area contributed by atoms with Crippen molar-refractivity contribution < 1.29 is 18.3 Å². The third kappa shape index (κ3) is 3.92. The lowest BCUT2D eigenvalue weighted by Crippen LogP contribution is -2.14. The van der Waals surface area contributed by atoms with Crippen molar-refractivity contribution in [1.82, 2.24) is 9.97 Å². The van der Waals surface area contributed by atoms with Crippen LogP contribution in [-0.4, -0.2) is 23.0 Å². The number of halogens is 2. The van der Waals surface area contributed by atoms with E-state index in [0.29, 0.717) is 17.1 Å². The van der Waals surface area contributed by atoms with E-state index in [1.807, 2.05) is 0 Å². The fraction of sp³-hybridized carbons (Fsp3) is 0.0556. The Morgan fingerprint density at radius 3 is 2.54 bits per heavy atom. The second kappa shape index (κ2) is 7.56. The van der Waals surface area contributed by atoms with Gasteiger partial charge in [0, 0.05) is 11.8 Å². The van der Waals surface area contributed by atoms with Gasteiger partial charge in [-0.15, -0.1) is 0 Å². The predicted octanol–water partition coefficient (Wildman–Crippen LogP) is 3.76. The number of anilines is 3. The number of aromatic nitrogens is 2. The van der Waals surface area contributed by atoms with Crippen molar-refractivity contribution in [3.05, 3.63) is 72.2 Å². The second-order valence-electron chi connectivity index (χ2n) is 5.20. The number of para-hydroxylation sites is 2. The Balaban J connectivity index is 1.70. The first-order valence-electron chi connectivity index (χ1n) is 7.55. The van der Waals surface area contributed by atoms with E-state index in [2.05, 4.69) is 20.6 Å². The van der Waals surface area contributed by atoms with E-state index in [0.717, 1.165) is 12.1 Å². The van der Waals surface area contributed by atoms with Crippen LogP contribution in [0.3, 0.4) is 0 Å². The molecule has 6 nitrogen and oxygen atoms in total. The molecule has 0 atom stereocenters. The highest BCUT2D eigenvalue weighted by Gasteiger charge is 2.11. The summed E-state index contributed by atoms with van der Waals surface area (Å²) in [5, 5.41) is 5.46. The number of nitrogens with one attached hydrogen (secondary N) is 2. The maximum atomic E-state index is 13.2. The predicted molar refractivity (Wildman–Crippen MR) is 92.6 cm³/mol. The van der Waals surface area contributed by atoms with Crippen LogP contribution in [0.5, 0.6) is 5.75 Å². The SMILES string of the molecule is COc1ccccc1NC(=O)c1cnc(Nc2ccc(F)c(F)c2)cn1. The van der Waals surface area contributed by atoms with Gasteiger partial charge in [0.25, 0.3) is 5.91 Å². The molecule has 0 saturated carbocycles. The first kappa shape index (κ1) is 17.3. The summed E-state index contributed by atoms with van der Waals surface area (Å²) in [6.45, 7) is 0. The molecule has 0 aliphatic heterocycles. The number of hydrogen-bond acceptors (Lipinski definition) is 5. The Morgan fingerprint density at radius 2 is 1.85 bits per heavy atom. The zero-order chi connectivity index (χ0) is 18.5. The maximum absolute atomic E-state index is 13.2. The molecule has 0 unspecified atom stereocenters. The third-order valence-corrected chi connectivity index (χ3v) is 3.43. The number of carbonyl (C=O) groups excluding carboxylic acids is 1. The average molecular weight is 356 g/mol. The summed E-state index contributed by atoms with van der Waals surface area (Å²) in [6, 6.07) is 10.3. The lowest BCUT2D eigenvalue weighted by molar-refractivity contribution is 0.102. The molecule has 26 heavy (non-hydrogen) atoms. The Bertz CT molecular complexity index is 933. The number of methoxy groups -OCH3 is 1. The van der Waals surface area contributed by atoms with E-state index in [-0.39, 0.29) is 11.5 Å². The van der Waals surface area contributed by atoms with E-state index in [9.17, 15) is 13.6 Å². The van der Waals surface area contributed by atoms with Crippen LogP contribution in [0.25, 0.3) is 0 Å². The van der Waals surface area contributed by atoms with Crippen LogP contribution in [0.2, 0.25) is 0 Å². The van der Waals surface area contributed by atoms with E-state index in [4.69, 9.17) is 4.74 Å². The van der Waals surface area contributed by atoms with Crippen LogP contribution in [0.15, 0.2) is 54.9 Å². The van der Waals surface area contributed by atoms with E-state index < -0.39 is 17.5 Å². The molecule has 0 aliphatic carbocycles. The molecular formula is C18H14F2N4O2. The molecule has 0 spiro atoms. The highest BCUT2D eigenvalue weighted by molar-refractivity contribution is 6.03. The van der Waals surface area contributed by atoms with Crippen LogP contribution in [0, 0.1) is 11.6 Å². The standard InChI is InChI=1S/C18H14F2N4O2/c1-26-16-5-3-2-4-14(16)24-18(25)15-9-22-17(10-21-15)23-11-6-7-12(19)13(20)8-11/h2-10H,1H3,(H,22,23)(H,24,25). The van der Waals surface area contributed by atoms with Crippen LogP contribution >= 0.6 is 0 Å². The van der Waals surface area contributed by atoms with Gasteiger partial charge in [0.2, 0.25) is 0 Å². The zero-order valence-electron chi connectivity index (χ0n) is 13.7. The monoisotopic (exact) mass is 356 g/mol. The van der Waals surface area contributed by atoms with Crippen LogP contribution in [-0.2, 0) is 0 Å². The molecule has 2 N–H and O–H groups in total. The number of hydrogen-bond donors (Lipinski definition) is 2. The largest absolute Gasteiger partial charge is 0.495 e. The third-order valence-electron chi connectivity index (χ3n) is 3.43. The smallest absolute Gasteiger partial charge is 0.275 e. The van der Waals surface area contributed by atoms with Gasteiger partial charge in [-0.2, -0.15) is 0 Å². The molecule has 1 heterocycles. The average Bonchev–Trinajstić information content (AvgIpc) is 2.66. The summed E-state index contributed by atoms with van der Waals surface area (Å²) in [5.74, 6) is -1.57. The lowest BCUT2D eigenvalue weighted by Gasteiger charge is -2.10. The van der Waals surface area contributed by atoms with Gasteiger partial charge in [-0.25, -0.2) is 18.7 Å². The topological polar surface area (TPSA) is 76.1 Å². The Hall–Kier alpha value is -3.55. The molecule has 0 fully saturated rings. The zero-order valence-corrected chi connectivity index (χ0v) is 13.7. The van der Waals surface area contributed by atoms with Gasteiger partial charge in [-0.3, -0.25) is 4.79 Å². The van der Waals surface area contributed by atoms with Gasteiger partial charge in [-0.1, -0.05) is 12.1 Å². The highest BCUT2D eigenvalue weighted by Crippen LogP contribution is 2.23. The molecular weight excluding hydrogens is 342 g/mol. The van der Waals surface area contributed by atoms with Crippen molar-refractivity contribution in [3.63, 3.8) is 0 Å². The molecule has 3 aromatic rings. The molecule has 0 radical (unpaired) electrons. The van der Waals surface area contributed by atoms with Gasteiger partial charge in [-0.05, 0) is 24.3 Å². The maximum Gasteiger partial charge on any atom is 0.275 e. The normalized spacial score (nSPS) is 10.3. The fourth-order valence-electron chi connectivity index (χ4n) is 2.17. The van der Waals surface area contributed by atoms with Crippen molar-refractivity contribution >= 4 is 23.1 Å². The number of amides is 1. The quantitative estimate of drug-likeness (QED) is 0.728. The van der Waals surface area contributed by atoms with Crippen molar-refractivity contribution in [2.45, 2.75) is 0 Å². The van der Waals surface area contributed by atoms with Crippen LogP contribution in [0.4, 0.5) is 26.0 Å². The highest BCUT2D eigenvalue weighted by atomic mass is 19.2. The molecule has 3 rings (SSSR count). The number of ether oxygens (including phenoxy) is 1. The number of benzene rings is 2. The minimum atomic E-state index is -0.976. The number of carbonyl (C=O) groups is 1. The molecule has 1 amide bonds. The lowest BCUT2D eigenvalue weighted by atomic mass is 10.3. The van der Waals surface area contributed by atoms with Crippen molar-refractivity contribution in [3.8, 4) is 5.75 Å². The van der Waals surface area contributed by atoms with Gasteiger partial charge >= 0.3 is 0 Å². The minimum absolute atomic E-state index is 0.0896. The summed E-state index contributed by atoms with van der Waals surface area (Å²) in [6.07, 6.45) is 2.59. The first-order valence-corrected chi connectivity index (χ1v) is 7.55. The summed E-state index contributed by atoms with van der Waals surface area (Å²) >= 11 is 0. The van der Waals surface area contributed by atoms with Gasteiger partial charge < -0.3 is 15.4 Å². The number of nitrogens with zero attached hydrogens (tertiary/aromatic N) is 2. The summed E-state index contributed by atoms with van der Waals surface area (Å²) in [5.41, 5.74) is 0.905. The van der Waals surface area contributed by atoms with E-state index in [1.54, 1.807) is 24.3 Å². The van der Waals surface area contributed by atoms with Gasteiger partial charge in [0.15, 0.2) is 11.6 Å². The first-order chi connectivity index (χ1) is 12.6. The molecule has 2 aromatic carbocycles. The molecule has 0 aliphatic rings. The molecule has 132 valence electrons. The van der Waals surface area contributed by atoms with Crippen molar-refractivity contribution in [2.75, 3.05) is 17.7 Å². The van der Waals surface area contributed by atoms with E-state index in [1.165, 1.54) is 25.6 Å². The second-order valence-corrected chi connectivity index (χ2v) is 5.20. The van der Waals surface area contributed by atoms with Crippen molar-refractivity contribution in [1.29, 1.82) is 0 Å². The summed E-state index contributed by atoms with van der Waals surface area (Å²) in [7, 11) is 1.50. The minimum Gasteiger partial charge on any atom is -0.495 e.